The van der Waals surface area contributed by atoms with Gasteiger partial charge in [-0.25, -0.2) is 9.97 Å². The molecule has 1 saturated heterocycles. The number of hydrogen-bond donors (Lipinski definition) is 1. The van der Waals surface area contributed by atoms with Crippen molar-refractivity contribution in [1.29, 1.82) is 0 Å². The lowest BCUT2D eigenvalue weighted by atomic mass is 10.4. The van der Waals surface area contributed by atoms with E-state index in [1.807, 2.05) is 12.3 Å². The Bertz CT molecular complexity index is 579. The van der Waals surface area contributed by atoms with Crippen molar-refractivity contribution in [2.24, 2.45) is 0 Å². The summed E-state index contributed by atoms with van der Waals surface area (Å²) in [7, 11) is 0. The van der Waals surface area contributed by atoms with Crippen LogP contribution >= 0.6 is 0 Å². The van der Waals surface area contributed by atoms with E-state index < -0.39 is 0 Å². The Morgan fingerprint density at radius 3 is 3.05 bits per heavy atom. The van der Waals surface area contributed by atoms with Crippen molar-refractivity contribution in [3.63, 3.8) is 0 Å². The lowest BCUT2D eigenvalue weighted by Crippen LogP contribution is -2.30. The molecule has 4 rings (SSSR count). The number of anilines is 1. The fourth-order valence-corrected chi connectivity index (χ4v) is 2.86. The predicted molar refractivity (Wildman–Crippen MR) is 75.5 cm³/mol. The normalized spacial score (nSPS) is 20.7. The monoisotopic (exact) mass is 257 g/mol. The minimum Gasteiger partial charge on any atom is -0.341 e. The van der Waals surface area contributed by atoms with E-state index in [1.165, 1.54) is 19.3 Å². The van der Waals surface area contributed by atoms with Gasteiger partial charge in [-0.05, 0) is 37.9 Å². The quantitative estimate of drug-likeness (QED) is 0.887. The molecule has 0 spiro atoms. The van der Waals surface area contributed by atoms with Gasteiger partial charge in [0.25, 0.3) is 0 Å². The van der Waals surface area contributed by atoms with E-state index in [9.17, 15) is 0 Å². The fourth-order valence-electron chi connectivity index (χ4n) is 2.86. The van der Waals surface area contributed by atoms with Crippen LogP contribution in [0.3, 0.4) is 0 Å². The van der Waals surface area contributed by atoms with Gasteiger partial charge in [-0.3, -0.25) is 4.57 Å². The third kappa shape index (κ3) is 1.98. The highest BCUT2D eigenvalue weighted by Crippen LogP contribution is 2.40. The van der Waals surface area contributed by atoms with Gasteiger partial charge in [-0.1, -0.05) is 0 Å². The number of imidazole rings is 1. The summed E-state index contributed by atoms with van der Waals surface area (Å²) < 4.78 is 2.36. The van der Waals surface area contributed by atoms with Crippen LogP contribution in [0.5, 0.6) is 0 Å². The molecule has 0 atom stereocenters. The van der Waals surface area contributed by atoms with Crippen LogP contribution in [-0.2, 0) is 0 Å². The average molecular weight is 257 g/mol. The molecule has 5 nitrogen and oxygen atoms in total. The molecular formula is C14H19N5. The van der Waals surface area contributed by atoms with Crippen LogP contribution in [-0.4, -0.2) is 40.7 Å². The first-order valence-electron chi connectivity index (χ1n) is 7.22. The smallest absolute Gasteiger partial charge is 0.208 e. The number of nitrogens with one attached hydrogen (secondary N) is 1. The Morgan fingerprint density at radius 2 is 2.16 bits per heavy atom. The first-order chi connectivity index (χ1) is 9.43. The highest BCUT2D eigenvalue weighted by molar-refractivity contribution is 5.75. The molecule has 2 aromatic heterocycles. The van der Waals surface area contributed by atoms with Crippen LogP contribution in [0.4, 0.5) is 5.95 Å². The zero-order valence-electron chi connectivity index (χ0n) is 11.0. The maximum atomic E-state index is 4.84. The van der Waals surface area contributed by atoms with E-state index in [-0.39, 0.29) is 0 Å². The lowest BCUT2D eigenvalue weighted by molar-refractivity contribution is 0.697. The second-order valence-corrected chi connectivity index (χ2v) is 5.45. The Kier molecular flexibility index (Phi) is 2.65. The van der Waals surface area contributed by atoms with Gasteiger partial charge in [0, 0.05) is 31.9 Å². The fraction of sp³-hybridized carbons (Fsp3) is 0.571. The zero-order valence-corrected chi connectivity index (χ0v) is 11.0. The molecule has 0 radical (unpaired) electrons. The largest absolute Gasteiger partial charge is 0.341 e. The first-order valence-corrected chi connectivity index (χ1v) is 7.22. The summed E-state index contributed by atoms with van der Waals surface area (Å²) in [5.74, 6) is 1.12. The molecule has 19 heavy (non-hydrogen) atoms. The Labute approximate surface area is 112 Å². The molecular weight excluding hydrogens is 238 g/mol. The topological polar surface area (TPSA) is 46.0 Å². The van der Waals surface area contributed by atoms with E-state index in [2.05, 4.69) is 25.8 Å². The lowest BCUT2D eigenvalue weighted by Gasteiger charge is -2.22. The summed E-state index contributed by atoms with van der Waals surface area (Å²) in [6.07, 6.45) is 5.58. The molecule has 0 bridgehead atoms. The molecule has 3 heterocycles. The van der Waals surface area contributed by atoms with Crippen molar-refractivity contribution in [3.05, 3.63) is 18.3 Å². The van der Waals surface area contributed by atoms with E-state index in [4.69, 9.17) is 4.98 Å². The summed E-state index contributed by atoms with van der Waals surface area (Å²) in [6, 6.07) is 4.66. The highest BCUT2D eigenvalue weighted by atomic mass is 15.3. The van der Waals surface area contributed by atoms with Crippen molar-refractivity contribution in [2.75, 3.05) is 31.1 Å². The molecule has 2 aliphatic rings. The first kappa shape index (κ1) is 11.2. The van der Waals surface area contributed by atoms with Gasteiger partial charge in [0.15, 0.2) is 5.65 Å². The van der Waals surface area contributed by atoms with E-state index in [0.29, 0.717) is 6.04 Å². The van der Waals surface area contributed by atoms with E-state index >= 15 is 0 Å². The Morgan fingerprint density at radius 1 is 1.21 bits per heavy atom. The Balaban J connectivity index is 1.81. The third-order valence-corrected chi connectivity index (χ3v) is 3.97. The average Bonchev–Trinajstić information content (AvgIpc) is 3.24. The van der Waals surface area contributed by atoms with Crippen LogP contribution in [0.2, 0.25) is 0 Å². The van der Waals surface area contributed by atoms with Crippen LogP contribution in [0.1, 0.15) is 25.3 Å². The molecule has 100 valence electrons. The van der Waals surface area contributed by atoms with Gasteiger partial charge in [0.05, 0.1) is 0 Å². The maximum Gasteiger partial charge on any atom is 0.208 e. The van der Waals surface area contributed by atoms with Gasteiger partial charge in [0.1, 0.15) is 5.52 Å². The number of fused-ring (bicyclic) bond motifs is 1. The second-order valence-electron chi connectivity index (χ2n) is 5.45. The molecule has 0 aromatic carbocycles. The molecule has 2 aromatic rings. The van der Waals surface area contributed by atoms with Crippen LogP contribution in [0, 0.1) is 0 Å². The molecule has 0 unspecified atom stereocenters. The van der Waals surface area contributed by atoms with Gasteiger partial charge in [-0.2, -0.15) is 0 Å². The minimum absolute atomic E-state index is 0.617. The second kappa shape index (κ2) is 4.49. The molecule has 5 heteroatoms. The summed E-state index contributed by atoms with van der Waals surface area (Å²) >= 11 is 0. The van der Waals surface area contributed by atoms with Crippen molar-refractivity contribution in [2.45, 2.75) is 25.3 Å². The van der Waals surface area contributed by atoms with Crippen molar-refractivity contribution in [3.8, 4) is 0 Å². The Hall–Kier alpha value is -1.62. The summed E-state index contributed by atoms with van der Waals surface area (Å²) in [5, 5.41) is 3.45. The van der Waals surface area contributed by atoms with Gasteiger partial charge >= 0.3 is 0 Å². The molecule has 1 aliphatic heterocycles. The molecule has 1 aliphatic carbocycles. The van der Waals surface area contributed by atoms with E-state index in [0.717, 1.165) is 43.3 Å². The molecule has 2 fully saturated rings. The molecule has 1 saturated carbocycles. The van der Waals surface area contributed by atoms with Crippen molar-refractivity contribution >= 4 is 17.1 Å². The van der Waals surface area contributed by atoms with Crippen molar-refractivity contribution < 1.29 is 0 Å². The summed E-state index contributed by atoms with van der Waals surface area (Å²) in [6.45, 7) is 4.28. The number of aromatic nitrogens is 3. The van der Waals surface area contributed by atoms with E-state index in [1.54, 1.807) is 0 Å². The van der Waals surface area contributed by atoms with Crippen LogP contribution in [0.15, 0.2) is 18.3 Å². The zero-order chi connectivity index (χ0) is 12.7. The molecule has 1 N–H and O–H groups in total. The number of pyridine rings is 1. The summed E-state index contributed by atoms with van der Waals surface area (Å²) in [5.41, 5.74) is 2.08. The third-order valence-electron chi connectivity index (χ3n) is 3.97. The van der Waals surface area contributed by atoms with Gasteiger partial charge in [-0.15, -0.1) is 0 Å². The van der Waals surface area contributed by atoms with Crippen LogP contribution in [0.25, 0.3) is 11.2 Å². The standard InChI is InChI=1S/C14H19N5/c1-3-12-13(16-7-1)19(11-4-5-11)14(17-12)18-9-2-6-15-8-10-18/h1,3,7,11,15H,2,4-6,8-10H2. The number of hydrogen-bond acceptors (Lipinski definition) is 4. The molecule has 0 amide bonds. The number of nitrogens with zero attached hydrogens (tertiary/aromatic N) is 4. The van der Waals surface area contributed by atoms with Crippen LogP contribution < -0.4 is 10.2 Å². The SMILES string of the molecule is c1cnc2c(c1)nc(N1CCCNCC1)n2C1CC1. The van der Waals surface area contributed by atoms with Gasteiger partial charge < -0.3 is 10.2 Å². The van der Waals surface area contributed by atoms with Gasteiger partial charge in [0.2, 0.25) is 5.95 Å². The minimum atomic E-state index is 0.617. The van der Waals surface area contributed by atoms with Crippen molar-refractivity contribution in [1.82, 2.24) is 19.9 Å². The maximum absolute atomic E-state index is 4.84. The number of rotatable bonds is 2. The summed E-state index contributed by atoms with van der Waals surface area (Å²) in [4.78, 5) is 11.8. The predicted octanol–water partition coefficient (Wildman–Crippen LogP) is 1.57. The highest BCUT2D eigenvalue weighted by Gasteiger charge is 2.30.